The molecule has 2 aromatic rings. The smallest absolute Gasteiger partial charge is 0.254 e. The van der Waals surface area contributed by atoms with Gasteiger partial charge in [-0.1, -0.05) is 12.1 Å². The predicted octanol–water partition coefficient (Wildman–Crippen LogP) is 2.80. The number of rotatable bonds is 6. The number of benzene rings is 1. The van der Waals surface area contributed by atoms with Gasteiger partial charge in [0.1, 0.15) is 17.8 Å². The van der Waals surface area contributed by atoms with Gasteiger partial charge in [-0.15, -0.1) is 12.4 Å². The van der Waals surface area contributed by atoms with E-state index in [2.05, 4.69) is 5.32 Å². The summed E-state index contributed by atoms with van der Waals surface area (Å²) in [5, 5.41) is 2.85. The fraction of sp³-hybridized carbons (Fsp3) is 0.312. The first-order valence-corrected chi connectivity index (χ1v) is 6.92. The molecule has 0 radical (unpaired) electrons. The Bertz CT molecular complexity index is 626. The van der Waals surface area contributed by atoms with Gasteiger partial charge in [0.25, 0.3) is 5.91 Å². The minimum Gasteiger partial charge on any atom is -0.494 e. The van der Waals surface area contributed by atoms with Crippen LogP contribution in [0.3, 0.4) is 0 Å². The largest absolute Gasteiger partial charge is 0.494 e. The molecule has 0 saturated carbocycles. The van der Waals surface area contributed by atoms with Gasteiger partial charge in [0.15, 0.2) is 0 Å². The standard InChI is InChI=1S/C16H20N2O3.ClH/c1-3-20-15-6-11(2)4-5-12(15)9-18-16(19)13-7-14(8-17)21-10-13;/h4-7,10H,3,8-9,17H2,1-2H3,(H,18,19);1H. The van der Waals surface area contributed by atoms with Crippen molar-refractivity contribution in [3.8, 4) is 5.75 Å². The molecule has 0 aliphatic rings. The molecule has 0 saturated heterocycles. The zero-order valence-electron chi connectivity index (χ0n) is 12.7. The van der Waals surface area contributed by atoms with Gasteiger partial charge in [-0.3, -0.25) is 4.79 Å². The second-order valence-corrected chi connectivity index (χ2v) is 4.73. The highest BCUT2D eigenvalue weighted by Crippen LogP contribution is 2.20. The Morgan fingerprint density at radius 2 is 2.14 bits per heavy atom. The Morgan fingerprint density at radius 1 is 1.36 bits per heavy atom. The molecule has 1 heterocycles. The maximum Gasteiger partial charge on any atom is 0.254 e. The third-order valence-electron chi connectivity index (χ3n) is 3.08. The molecule has 2 rings (SSSR count). The fourth-order valence-corrected chi connectivity index (χ4v) is 1.98. The van der Waals surface area contributed by atoms with Gasteiger partial charge in [0.2, 0.25) is 0 Å². The van der Waals surface area contributed by atoms with E-state index >= 15 is 0 Å². The van der Waals surface area contributed by atoms with Crippen molar-refractivity contribution in [3.05, 3.63) is 53.0 Å². The van der Waals surface area contributed by atoms with Gasteiger partial charge in [0, 0.05) is 12.1 Å². The monoisotopic (exact) mass is 324 g/mol. The number of nitrogens with two attached hydrogens (primary N) is 1. The summed E-state index contributed by atoms with van der Waals surface area (Å²) in [6.07, 6.45) is 1.41. The number of hydrogen-bond acceptors (Lipinski definition) is 4. The minimum absolute atomic E-state index is 0. The lowest BCUT2D eigenvalue weighted by Crippen LogP contribution is -2.22. The zero-order chi connectivity index (χ0) is 15.2. The highest BCUT2D eigenvalue weighted by molar-refractivity contribution is 5.93. The van der Waals surface area contributed by atoms with Gasteiger partial charge >= 0.3 is 0 Å². The van der Waals surface area contributed by atoms with Gasteiger partial charge in [-0.2, -0.15) is 0 Å². The van der Waals surface area contributed by atoms with Crippen molar-refractivity contribution in [2.45, 2.75) is 26.9 Å². The van der Waals surface area contributed by atoms with E-state index in [0.29, 0.717) is 24.5 Å². The minimum atomic E-state index is -0.193. The molecule has 5 nitrogen and oxygen atoms in total. The maximum atomic E-state index is 12.0. The van der Waals surface area contributed by atoms with Crippen LogP contribution in [-0.4, -0.2) is 12.5 Å². The summed E-state index contributed by atoms with van der Waals surface area (Å²) in [4.78, 5) is 12.0. The van der Waals surface area contributed by atoms with Crippen molar-refractivity contribution in [3.63, 3.8) is 0 Å². The van der Waals surface area contributed by atoms with Crippen molar-refractivity contribution in [1.82, 2.24) is 5.32 Å². The van der Waals surface area contributed by atoms with Gasteiger partial charge in [-0.05, 0) is 31.5 Å². The molecule has 0 aliphatic carbocycles. The Morgan fingerprint density at radius 3 is 2.77 bits per heavy atom. The lowest BCUT2D eigenvalue weighted by Gasteiger charge is -2.11. The Kier molecular flexibility index (Phi) is 6.95. The molecule has 0 fully saturated rings. The van der Waals surface area contributed by atoms with Crippen LogP contribution < -0.4 is 15.8 Å². The molecule has 0 spiro atoms. The van der Waals surface area contributed by atoms with Crippen molar-refractivity contribution in [1.29, 1.82) is 0 Å². The van der Waals surface area contributed by atoms with Crippen LogP contribution in [-0.2, 0) is 13.1 Å². The number of ether oxygens (including phenoxy) is 1. The third kappa shape index (κ3) is 4.51. The average Bonchev–Trinajstić information content (AvgIpc) is 2.95. The van der Waals surface area contributed by atoms with Gasteiger partial charge < -0.3 is 20.2 Å². The van der Waals surface area contributed by atoms with Crippen LogP contribution in [0.1, 0.15) is 34.2 Å². The van der Waals surface area contributed by atoms with Crippen LogP contribution in [0.2, 0.25) is 0 Å². The molecule has 1 aromatic carbocycles. The number of hydrogen-bond donors (Lipinski definition) is 2. The van der Waals surface area contributed by atoms with Crippen LogP contribution in [0.4, 0.5) is 0 Å². The van der Waals surface area contributed by atoms with Crippen LogP contribution in [0.25, 0.3) is 0 Å². The molecule has 22 heavy (non-hydrogen) atoms. The van der Waals surface area contributed by atoms with Crippen LogP contribution >= 0.6 is 12.4 Å². The molecule has 120 valence electrons. The summed E-state index contributed by atoms with van der Waals surface area (Å²) < 4.78 is 10.7. The number of amides is 1. The Balaban J connectivity index is 0.00000242. The van der Waals surface area contributed by atoms with Crippen LogP contribution in [0.15, 0.2) is 34.9 Å². The Labute approximate surface area is 136 Å². The summed E-state index contributed by atoms with van der Waals surface area (Å²) in [7, 11) is 0. The number of carbonyl (C=O) groups is 1. The van der Waals surface area contributed by atoms with E-state index in [4.69, 9.17) is 14.9 Å². The van der Waals surface area contributed by atoms with Crippen LogP contribution in [0.5, 0.6) is 5.75 Å². The highest BCUT2D eigenvalue weighted by atomic mass is 35.5. The number of aryl methyl sites for hydroxylation is 1. The molecule has 0 atom stereocenters. The van der Waals surface area contributed by atoms with Gasteiger partial charge in [-0.25, -0.2) is 0 Å². The number of carbonyl (C=O) groups excluding carboxylic acids is 1. The molecular weight excluding hydrogens is 304 g/mol. The fourth-order valence-electron chi connectivity index (χ4n) is 1.98. The van der Waals surface area contributed by atoms with E-state index in [9.17, 15) is 4.79 Å². The second kappa shape index (κ2) is 8.46. The van der Waals surface area contributed by atoms with E-state index in [1.807, 2.05) is 32.0 Å². The first-order valence-electron chi connectivity index (χ1n) is 6.92. The van der Waals surface area contributed by atoms with Crippen molar-refractivity contribution >= 4 is 18.3 Å². The van der Waals surface area contributed by atoms with Crippen molar-refractivity contribution in [2.24, 2.45) is 5.73 Å². The third-order valence-corrected chi connectivity index (χ3v) is 3.08. The van der Waals surface area contributed by atoms with E-state index in [1.165, 1.54) is 6.26 Å². The molecule has 1 aromatic heterocycles. The molecule has 3 N–H and O–H groups in total. The predicted molar refractivity (Wildman–Crippen MR) is 87.4 cm³/mol. The average molecular weight is 325 g/mol. The van der Waals surface area contributed by atoms with Crippen LogP contribution in [0, 0.1) is 6.92 Å². The molecule has 0 bridgehead atoms. The van der Waals surface area contributed by atoms with Crippen molar-refractivity contribution in [2.75, 3.05) is 6.61 Å². The van der Waals surface area contributed by atoms with Gasteiger partial charge in [0.05, 0.1) is 18.7 Å². The quantitative estimate of drug-likeness (QED) is 0.856. The molecule has 1 amide bonds. The summed E-state index contributed by atoms with van der Waals surface area (Å²) in [5.41, 5.74) is 7.99. The first-order chi connectivity index (χ1) is 10.1. The number of halogens is 1. The summed E-state index contributed by atoms with van der Waals surface area (Å²) in [5.74, 6) is 1.19. The summed E-state index contributed by atoms with van der Waals surface area (Å²) >= 11 is 0. The second-order valence-electron chi connectivity index (χ2n) is 4.73. The number of nitrogens with one attached hydrogen (secondary N) is 1. The lowest BCUT2D eigenvalue weighted by atomic mass is 10.1. The molecular formula is C16H21ClN2O3. The summed E-state index contributed by atoms with van der Waals surface area (Å²) in [6.45, 7) is 5.21. The SMILES string of the molecule is CCOc1cc(C)ccc1CNC(=O)c1coc(CN)c1.Cl. The van der Waals surface area contributed by atoms with E-state index in [1.54, 1.807) is 6.07 Å². The topological polar surface area (TPSA) is 77.5 Å². The number of furan rings is 1. The zero-order valence-corrected chi connectivity index (χ0v) is 13.5. The van der Waals surface area contributed by atoms with E-state index in [0.717, 1.165) is 16.9 Å². The van der Waals surface area contributed by atoms with E-state index < -0.39 is 0 Å². The highest BCUT2D eigenvalue weighted by Gasteiger charge is 2.11. The molecule has 0 unspecified atom stereocenters. The van der Waals surface area contributed by atoms with Crippen molar-refractivity contribution < 1.29 is 13.9 Å². The lowest BCUT2D eigenvalue weighted by molar-refractivity contribution is 0.0950. The summed E-state index contributed by atoms with van der Waals surface area (Å²) in [6, 6.07) is 7.57. The normalized spacial score (nSPS) is 9.95. The molecule has 6 heteroatoms. The first kappa shape index (κ1) is 18.1. The maximum absolute atomic E-state index is 12.0. The Hall–Kier alpha value is -1.98. The van der Waals surface area contributed by atoms with E-state index in [-0.39, 0.29) is 24.9 Å². The molecule has 0 aliphatic heterocycles.